The van der Waals surface area contributed by atoms with Crippen LogP contribution in [-0.2, 0) is 16.5 Å². The fourth-order valence-electron chi connectivity index (χ4n) is 1.31. The van der Waals surface area contributed by atoms with Gasteiger partial charge in [-0.2, -0.15) is 0 Å². The Morgan fingerprint density at radius 2 is 2.15 bits per heavy atom. The van der Waals surface area contributed by atoms with Gasteiger partial charge in [0.25, 0.3) is 0 Å². The highest BCUT2D eigenvalue weighted by Crippen LogP contribution is 2.14. The van der Waals surface area contributed by atoms with E-state index in [2.05, 4.69) is 28.1 Å². The molecule has 0 aliphatic heterocycles. The first-order chi connectivity index (χ1) is 6.13. The maximum atomic E-state index is 10.9. The molecule has 0 radical (unpaired) electrons. The molecule has 0 amide bonds. The monoisotopic (exact) mass is 240 g/mol. The van der Waals surface area contributed by atoms with Gasteiger partial charge >= 0.3 is 0 Å². The number of alkyl halides is 1. The van der Waals surface area contributed by atoms with Crippen molar-refractivity contribution in [2.24, 2.45) is 0 Å². The third-order valence-corrected chi connectivity index (χ3v) is 2.65. The van der Waals surface area contributed by atoms with Crippen molar-refractivity contribution >= 4 is 21.7 Å². The number of rotatable bonds is 3. The zero-order valence-corrected chi connectivity index (χ0v) is 9.52. The molecule has 0 unspecified atom stereocenters. The molecule has 0 heterocycles. The maximum Gasteiger partial charge on any atom is 0.134 e. The SMILES string of the molecule is CC(=O)Cc1ccc(CBr)cc1C. The van der Waals surface area contributed by atoms with E-state index >= 15 is 0 Å². The number of Topliss-reactive ketones (excluding diaryl/α,β-unsaturated/α-hetero) is 1. The van der Waals surface area contributed by atoms with Gasteiger partial charge in [-0.25, -0.2) is 0 Å². The number of benzene rings is 1. The molecule has 1 aromatic rings. The van der Waals surface area contributed by atoms with E-state index in [9.17, 15) is 4.79 Å². The van der Waals surface area contributed by atoms with E-state index in [0.717, 1.165) is 10.9 Å². The lowest BCUT2D eigenvalue weighted by Gasteiger charge is -2.04. The van der Waals surface area contributed by atoms with Crippen molar-refractivity contribution in [1.82, 2.24) is 0 Å². The molecule has 0 aliphatic carbocycles. The van der Waals surface area contributed by atoms with Gasteiger partial charge in [-0.05, 0) is 30.5 Å². The third kappa shape index (κ3) is 2.96. The van der Waals surface area contributed by atoms with Crippen LogP contribution in [0.5, 0.6) is 0 Å². The van der Waals surface area contributed by atoms with Crippen LogP contribution in [0.3, 0.4) is 0 Å². The molecule has 1 nitrogen and oxygen atoms in total. The van der Waals surface area contributed by atoms with Crippen molar-refractivity contribution < 1.29 is 4.79 Å². The number of hydrogen-bond donors (Lipinski definition) is 0. The van der Waals surface area contributed by atoms with Crippen molar-refractivity contribution in [3.05, 3.63) is 34.9 Å². The molecular formula is C11H13BrO. The van der Waals surface area contributed by atoms with Crippen LogP contribution in [0.4, 0.5) is 0 Å². The summed E-state index contributed by atoms with van der Waals surface area (Å²) in [6, 6.07) is 6.21. The minimum absolute atomic E-state index is 0.217. The summed E-state index contributed by atoms with van der Waals surface area (Å²) in [5.74, 6) is 0.217. The zero-order chi connectivity index (χ0) is 9.84. The molecule has 2 heteroatoms. The van der Waals surface area contributed by atoms with E-state index in [-0.39, 0.29) is 5.78 Å². The number of hydrogen-bond acceptors (Lipinski definition) is 1. The van der Waals surface area contributed by atoms with Gasteiger partial charge in [0.05, 0.1) is 0 Å². The zero-order valence-electron chi connectivity index (χ0n) is 7.93. The fourth-order valence-corrected chi connectivity index (χ4v) is 1.66. The molecule has 0 saturated carbocycles. The second-order valence-electron chi connectivity index (χ2n) is 3.27. The van der Waals surface area contributed by atoms with Crippen LogP contribution in [0.2, 0.25) is 0 Å². The lowest BCUT2D eigenvalue weighted by molar-refractivity contribution is -0.116. The number of halogens is 1. The van der Waals surface area contributed by atoms with Crippen LogP contribution in [0.1, 0.15) is 23.6 Å². The molecule has 0 aliphatic rings. The number of aryl methyl sites for hydroxylation is 1. The van der Waals surface area contributed by atoms with Crippen molar-refractivity contribution in [3.8, 4) is 0 Å². The maximum absolute atomic E-state index is 10.9. The highest BCUT2D eigenvalue weighted by Gasteiger charge is 2.01. The molecule has 13 heavy (non-hydrogen) atoms. The van der Waals surface area contributed by atoms with Crippen LogP contribution < -0.4 is 0 Å². The van der Waals surface area contributed by atoms with E-state index < -0.39 is 0 Å². The topological polar surface area (TPSA) is 17.1 Å². The minimum Gasteiger partial charge on any atom is -0.300 e. The molecule has 0 fully saturated rings. The summed E-state index contributed by atoms with van der Waals surface area (Å²) in [5, 5.41) is 0.869. The summed E-state index contributed by atoms with van der Waals surface area (Å²) < 4.78 is 0. The van der Waals surface area contributed by atoms with Crippen LogP contribution in [0.15, 0.2) is 18.2 Å². The van der Waals surface area contributed by atoms with Crippen LogP contribution in [0.25, 0.3) is 0 Å². The predicted molar refractivity (Wildman–Crippen MR) is 58.2 cm³/mol. The van der Waals surface area contributed by atoms with E-state index in [4.69, 9.17) is 0 Å². The highest BCUT2D eigenvalue weighted by atomic mass is 79.9. The molecular weight excluding hydrogens is 228 g/mol. The van der Waals surface area contributed by atoms with Gasteiger partial charge in [0.15, 0.2) is 0 Å². The summed E-state index contributed by atoms with van der Waals surface area (Å²) in [6.45, 7) is 3.67. The Hall–Kier alpha value is -0.630. The average Bonchev–Trinajstić information content (AvgIpc) is 2.08. The molecule has 0 aromatic heterocycles. The number of carbonyl (C=O) groups is 1. The van der Waals surface area contributed by atoms with Crippen LogP contribution >= 0.6 is 15.9 Å². The first-order valence-corrected chi connectivity index (χ1v) is 5.39. The summed E-state index contributed by atoms with van der Waals surface area (Å²) in [7, 11) is 0. The Morgan fingerprint density at radius 3 is 2.62 bits per heavy atom. The summed E-state index contributed by atoms with van der Waals surface area (Å²) >= 11 is 3.40. The molecule has 0 atom stereocenters. The fraction of sp³-hybridized carbons (Fsp3) is 0.364. The Labute approximate surface area is 87.3 Å². The van der Waals surface area contributed by atoms with Crippen molar-refractivity contribution in [3.63, 3.8) is 0 Å². The van der Waals surface area contributed by atoms with Gasteiger partial charge in [0, 0.05) is 11.8 Å². The second kappa shape index (κ2) is 4.56. The normalized spacial score (nSPS) is 10.1. The van der Waals surface area contributed by atoms with Crippen molar-refractivity contribution in [2.45, 2.75) is 25.6 Å². The molecule has 0 spiro atoms. The number of ketones is 1. The lowest BCUT2D eigenvalue weighted by Crippen LogP contribution is -1.99. The van der Waals surface area contributed by atoms with Crippen molar-refractivity contribution in [2.75, 3.05) is 0 Å². The average molecular weight is 241 g/mol. The molecule has 0 bridgehead atoms. The van der Waals surface area contributed by atoms with E-state index in [1.54, 1.807) is 6.92 Å². The summed E-state index contributed by atoms with van der Waals surface area (Å²) in [5.41, 5.74) is 3.59. The van der Waals surface area contributed by atoms with Gasteiger partial charge < -0.3 is 0 Å². The van der Waals surface area contributed by atoms with Gasteiger partial charge in [0.2, 0.25) is 0 Å². The molecule has 1 aromatic carbocycles. The van der Waals surface area contributed by atoms with Gasteiger partial charge in [-0.3, -0.25) is 4.79 Å². The van der Waals surface area contributed by atoms with Gasteiger partial charge in [0.1, 0.15) is 5.78 Å². The van der Waals surface area contributed by atoms with E-state index in [0.29, 0.717) is 6.42 Å². The molecule has 1 rings (SSSR count). The first kappa shape index (κ1) is 10.5. The Bertz CT molecular complexity index is 318. The van der Waals surface area contributed by atoms with Gasteiger partial charge in [-0.1, -0.05) is 34.1 Å². The molecule has 0 N–H and O–H groups in total. The Balaban J connectivity index is 2.91. The van der Waals surface area contributed by atoms with Crippen LogP contribution in [-0.4, -0.2) is 5.78 Å². The second-order valence-corrected chi connectivity index (χ2v) is 3.83. The van der Waals surface area contributed by atoms with Gasteiger partial charge in [-0.15, -0.1) is 0 Å². The quantitative estimate of drug-likeness (QED) is 0.743. The largest absolute Gasteiger partial charge is 0.300 e. The third-order valence-electron chi connectivity index (χ3n) is 2.00. The van der Waals surface area contributed by atoms with E-state index in [1.807, 2.05) is 13.0 Å². The van der Waals surface area contributed by atoms with Crippen LogP contribution in [0, 0.1) is 6.92 Å². The smallest absolute Gasteiger partial charge is 0.134 e. The lowest BCUT2D eigenvalue weighted by atomic mass is 10.0. The Kier molecular flexibility index (Phi) is 3.67. The predicted octanol–water partition coefficient (Wildman–Crippen LogP) is 3.02. The minimum atomic E-state index is 0.217. The molecule has 0 saturated heterocycles. The van der Waals surface area contributed by atoms with Crippen molar-refractivity contribution in [1.29, 1.82) is 0 Å². The number of carbonyl (C=O) groups excluding carboxylic acids is 1. The summed E-state index contributed by atoms with van der Waals surface area (Å²) in [4.78, 5) is 10.9. The van der Waals surface area contributed by atoms with E-state index in [1.165, 1.54) is 11.1 Å². The standard InChI is InChI=1S/C11H13BrO/c1-8-5-10(7-12)3-4-11(8)6-9(2)13/h3-5H,6-7H2,1-2H3. The Morgan fingerprint density at radius 1 is 1.46 bits per heavy atom. The molecule has 70 valence electrons. The first-order valence-electron chi connectivity index (χ1n) is 4.27. The highest BCUT2D eigenvalue weighted by molar-refractivity contribution is 9.08. The summed E-state index contributed by atoms with van der Waals surface area (Å²) in [6.07, 6.45) is 0.550.